The molecule has 4 aromatic rings. The molecule has 0 aromatic heterocycles. The van der Waals surface area contributed by atoms with Gasteiger partial charge in [0.05, 0.1) is 39.2 Å². The van der Waals surface area contributed by atoms with Gasteiger partial charge in [-0.25, -0.2) is 0 Å². The molecule has 266 valence electrons. The summed E-state index contributed by atoms with van der Waals surface area (Å²) in [7, 11) is 0. The molecule has 0 amide bonds. The normalized spacial score (nSPS) is 15.2. The van der Waals surface area contributed by atoms with Crippen molar-refractivity contribution in [1.29, 1.82) is 0 Å². The van der Waals surface area contributed by atoms with E-state index in [4.69, 9.17) is 9.47 Å². The van der Waals surface area contributed by atoms with E-state index in [-0.39, 0.29) is 33.2 Å². The van der Waals surface area contributed by atoms with Gasteiger partial charge in [0.2, 0.25) is 0 Å². The molecular formula is C42H50O4S4. The second-order valence-electron chi connectivity index (χ2n) is 17.4. The molecular weight excluding hydrogens is 697 g/mol. The lowest BCUT2D eigenvalue weighted by Gasteiger charge is -2.26. The molecule has 0 saturated carbocycles. The van der Waals surface area contributed by atoms with E-state index in [0.29, 0.717) is 23.0 Å². The number of ether oxygens (including phenoxy) is 2. The van der Waals surface area contributed by atoms with Crippen LogP contribution in [0.2, 0.25) is 0 Å². The molecule has 2 aliphatic rings. The van der Waals surface area contributed by atoms with Gasteiger partial charge in [0.25, 0.3) is 0 Å². The van der Waals surface area contributed by atoms with E-state index in [1.807, 2.05) is 0 Å². The molecule has 4 nitrogen and oxygen atoms in total. The quantitative estimate of drug-likeness (QED) is 0.162. The predicted octanol–water partition coefficient (Wildman–Crippen LogP) is 13.0. The van der Waals surface area contributed by atoms with E-state index >= 15 is 0 Å². The Hall–Kier alpha value is -2.52. The van der Waals surface area contributed by atoms with Crippen LogP contribution < -0.4 is 9.47 Å². The second-order valence-corrected chi connectivity index (χ2v) is 21.7. The highest BCUT2D eigenvalue weighted by atomic mass is 32.2. The highest BCUT2D eigenvalue weighted by Gasteiger charge is 2.30. The van der Waals surface area contributed by atoms with Gasteiger partial charge in [-0.1, -0.05) is 130 Å². The van der Waals surface area contributed by atoms with E-state index in [9.17, 15) is 10.2 Å². The van der Waals surface area contributed by atoms with Crippen LogP contribution >= 0.6 is 47.0 Å². The number of fused-ring (bicyclic) bond motifs is 4. The van der Waals surface area contributed by atoms with Crippen LogP contribution in [-0.4, -0.2) is 23.4 Å². The Labute approximate surface area is 315 Å². The third-order valence-corrected chi connectivity index (χ3v) is 13.3. The molecule has 2 aliphatic heterocycles. The van der Waals surface area contributed by atoms with E-state index in [0.717, 1.165) is 52.0 Å². The molecule has 4 aromatic carbocycles. The molecule has 2 heterocycles. The summed E-state index contributed by atoms with van der Waals surface area (Å²) in [5.74, 6) is 2.01. The lowest BCUT2D eigenvalue weighted by molar-refractivity contribution is 0.206. The van der Waals surface area contributed by atoms with Crippen molar-refractivity contribution in [2.24, 2.45) is 0 Å². The molecule has 0 atom stereocenters. The fourth-order valence-electron chi connectivity index (χ4n) is 5.71. The van der Waals surface area contributed by atoms with Crippen LogP contribution in [0.5, 0.6) is 23.0 Å². The maximum absolute atomic E-state index is 12.1. The van der Waals surface area contributed by atoms with E-state index in [1.165, 1.54) is 22.9 Å². The Kier molecular flexibility index (Phi) is 9.80. The van der Waals surface area contributed by atoms with Crippen molar-refractivity contribution < 1.29 is 19.7 Å². The van der Waals surface area contributed by atoms with Gasteiger partial charge in [-0.15, -0.1) is 0 Å². The first kappa shape index (κ1) is 37.2. The summed E-state index contributed by atoms with van der Waals surface area (Å²) in [6, 6.07) is 17.3. The maximum atomic E-state index is 12.1. The summed E-state index contributed by atoms with van der Waals surface area (Å²) in [6.45, 7) is 27.3. The zero-order valence-electron chi connectivity index (χ0n) is 31.4. The molecule has 0 unspecified atom stereocenters. The number of hydrogen-bond donors (Lipinski definition) is 2. The van der Waals surface area contributed by atoms with Gasteiger partial charge in [-0.3, -0.25) is 0 Å². The molecule has 6 rings (SSSR count). The molecule has 2 N–H and O–H groups in total. The predicted molar refractivity (Wildman–Crippen MR) is 211 cm³/mol. The van der Waals surface area contributed by atoms with Crippen molar-refractivity contribution in [3.05, 3.63) is 70.8 Å². The minimum atomic E-state index is -0.178. The van der Waals surface area contributed by atoms with Gasteiger partial charge in [-0.05, 0) is 92.4 Å². The van der Waals surface area contributed by atoms with Crippen LogP contribution in [0.1, 0.15) is 105 Å². The average molecular weight is 747 g/mol. The monoisotopic (exact) mass is 746 g/mol. The van der Waals surface area contributed by atoms with Gasteiger partial charge in [-0.2, -0.15) is 0 Å². The Balaban J connectivity index is 1.73. The largest absolute Gasteiger partial charge is 0.506 e. The van der Waals surface area contributed by atoms with Crippen molar-refractivity contribution in [3.63, 3.8) is 0 Å². The third kappa shape index (κ3) is 7.65. The SMILES string of the molecule is CC(C)(C)c1cc2c(O)c(c1)Sc1cc(C(C)(C)C)cc3c1OCCOc1c(cc(C(C)(C)C)cc1S3)Sc1cc(C(C)(C)C)cc(c1O)S2. The van der Waals surface area contributed by atoms with Crippen LogP contribution in [0.15, 0.2) is 87.7 Å². The second kappa shape index (κ2) is 13.2. The fourth-order valence-corrected chi connectivity index (χ4v) is 10.3. The Morgan fingerprint density at radius 2 is 0.580 bits per heavy atom. The summed E-state index contributed by atoms with van der Waals surface area (Å²) < 4.78 is 13.2. The van der Waals surface area contributed by atoms with Gasteiger partial charge in [0, 0.05) is 0 Å². The summed E-state index contributed by atoms with van der Waals surface area (Å²) in [4.78, 5) is 6.86. The molecule has 0 spiro atoms. The lowest BCUT2D eigenvalue weighted by atomic mass is 9.87. The lowest BCUT2D eigenvalue weighted by Crippen LogP contribution is -2.13. The molecule has 0 radical (unpaired) electrons. The van der Waals surface area contributed by atoms with E-state index in [2.05, 4.69) is 132 Å². The molecule has 0 saturated heterocycles. The fraction of sp³-hybridized carbons (Fsp3) is 0.429. The van der Waals surface area contributed by atoms with Crippen molar-refractivity contribution in [1.82, 2.24) is 0 Å². The van der Waals surface area contributed by atoms with Gasteiger partial charge in [0.15, 0.2) is 0 Å². The first-order chi connectivity index (χ1) is 23.1. The van der Waals surface area contributed by atoms with Crippen LogP contribution in [0.4, 0.5) is 0 Å². The zero-order chi connectivity index (χ0) is 36.6. The Morgan fingerprint density at radius 1 is 0.380 bits per heavy atom. The topological polar surface area (TPSA) is 58.9 Å². The van der Waals surface area contributed by atoms with Crippen molar-refractivity contribution in [3.8, 4) is 23.0 Å². The summed E-state index contributed by atoms with van der Waals surface area (Å²) >= 11 is 6.18. The minimum Gasteiger partial charge on any atom is -0.506 e. The van der Waals surface area contributed by atoms with Crippen molar-refractivity contribution >= 4 is 47.0 Å². The number of hydrogen-bond acceptors (Lipinski definition) is 8. The van der Waals surface area contributed by atoms with Crippen LogP contribution in [0.25, 0.3) is 0 Å². The van der Waals surface area contributed by atoms with E-state index < -0.39 is 0 Å². The summed E-state index contributed by atoms with van der Waals surface area (Å²) in [6.07, 6.45) is 0. The third-order valence-electron chi connectivity index (χ3n) is 9.04. The first-order valence-electron chi connectivity index (χ1n) is 17.2. The molecule has 8 heteroatoms. The van der Waals surface area contributed by atoms with Crippen LogP contribution in [-0.2, 0) is 21.7 Å². The van der Waals surface area contributed by atoms with Gasteiger partial charge in [0.1, 0.15) is 36.2 Å². The van der Waals surface area contributed by atoms with E-state index in [1.54, 1.807) is 35.3 Å². The minimum absolute atomic E-state index is 0.126. The van der Waals surface area contributed by atoms with Gasteiger partial charge >= 0.3 is 0 Å². The Bertz CT molecular complexity index is 1830. The van der Waals surface area contributed by atoms with Crippen molar-refractivity contribution in [2.75, 3.05) is 13.2 Å². The van der Waals surface area contributed by atoms with Crippen LogP contribution in [0, 0.1) is 0 Å². The molecule has 50 heavy (non-hydrogen) atoms. The number of phenols is 2. The average Bonchev–Trinajstić information content (AvgIpc) is 3.07. The number of rotatable bonds is 0. The zero-order valence-corrected chi connectivity index (χ0v) is 34.6. The highest BCUT2D eigenvalue weighted by Crippen LogP contribution is 2.56. The molecule has 0 fully saturated rings. The number of benzene rings is 4. The molecule has 0 aliphatic carbocycles. The highest BCUT2D eigenvalue weighted by molar-refractivity contribution is 8.01. The standard InChI is InChI=1S/C42H50O4S4/c1-39(2,3)23-15-27-35(43)29(17-23)48-31-19-25(41(7,8)9)21-33-37(31)45-13-14-46-38-32(20-26(42(10,11)12)22-34(38)50-33)49-30-18-24(40(4,5)6)16-28(47-27)36(30)44/h15-22,43-44H,13-14H2,1-12H3. The maximum Gasteiger partial charge on any atom is 0.147 e. The smallest absolute Gasteiger partial charge is 0.147 e. The number of aromatic hydroxyl groups is 2. The van der Waals surface area contributed by atoms with Crippen LogP contribution in [0.3, 0.4) is 0 Å². The molecule has 10 bridgehead atoms. The van der Waals surface area contributed by atoms with Gasteiger partial charge < -0.3 is 19.7 Å². The Morgan fingerprint density at radius 3 is 0.820 bits per heavy atom. The summed E-state index contributed by atoms with van der Waals surface area (Å²) in [5.41, 5.74) is 3.98. The first-order valence-corrected chi connectivity index (χ1v) is 20.5. The summed E-state index contributed by atoms with van der Waals surface area (Å²) in [5, 5.41) is 24.1. The number of phenolic OH excluding ortho intramolecular Hbond substituents is 2. The van der Waals surface area contributed by atoms with Crippen molar-refractivity contribution in [2.45, 2.75) is 144 Å².